The van der Waals surface area contributed by atoms with Crippen LogP contribution in [0.5, 0.6) is 0 Å². The zero-order chi connectivity index (χ0) is 10.3. The van der Waals surface area contributed by atoms with Crippen molar-refractivity contribution in [2.45, 2.75) is 18.9 Å². The summed E-state index contributed by atoms with van der Waals surface area (Å²) < 4.78 is 4.59. The molecule has 1 unspecified atom stereocenters. The number of hydrogen-bond acceptors (Lipinski definition) is 4. The maximum atomic E-state index is 10.9. The minimum atomic E-state index is -1.10. The number of carbonyl (C=O) groups excluding carboxylic acids is 1. The third kappa shape index (κ3) is 6.06. The molecular weight excluding hydrogens is 176 g/mol. The van der Waals surface area contributed by atoms with E-state index in [2.05, 4.69) is 10.1 Å². The van der Waals surface area contributed by atoms with Gasteiger partial charge in [-0.3, -0.25) is 9.59 Å². The van der Waals surface area contributed by atoms with Gasteiger partial charge in [0.1, 0.15) is 12.8 Å². The summed E-state index contributed by atoms with van der Waals surface area (Å²) in [6.07, 6.45) is 0.224. The predicted octanol–water partition coefficient (Wildman–Crippen LogP) is -1.10. The lowest BCUT2D eigenvalue weighted by Gasteiger charge is -2.06. The number of carbonyl (C=O) groups is 2. The summed E-state index contributed by atoms with van der Waals surface area (Å²) in [5.41, 5.74) is 5.18. The van der Waals surface area contributed by atoms with E-state index in [1.54, 1.807) is 0 Å². The van der Waals surface area contributed by atoms with E-state index < -0.39 is 12.0 Å². The largest absolute Gasteiger partial charge is 0.480 e. The second-order valence-electron chi connectivity index (χ2n) is 2.52. The number of carboxylic acids is 1. The molecule has 0 aliphatic heterocycles. The highest BCUT2D eigenvalue weighted by molar-refractivity contribution is 5.78. The van der Waals surface area contributed by atoms with Gasteiger partial charge in [0.25, 0.3) is 0 Å². The molecule has 4 N–H and O–H groups in total. The van der Waals surface area contributed by atoms with Crippen molar-refractivity contribution < 1.29 is 19.4 Å². The van der Waals surface area contributed by atoms with Crippen molar-refractivity contribution in [1.29, 1.82) is 0 Å². The van der Waals surface area contributed by atoms with Gasteiger partial charge in [-0.1, -0.05) is 0 Å². The molecular formula is C7H14N2O4. The lowest BCUT2D eigenvalue weighted by atomic mass is 10.1. The molecule has 0 aromatic rings. The second kappa shape index (κ2) is 6.38. The minimum absolute atomic E-state index is 0.0941. The number of carboxylic acid groups (broad SMARTS) is 1. The van der Waals surface area contributed by atoms with Crippen molar-refractivity contribution in [3.63, 3.8) is 0 Å². The molecule has 0 aliphatic carbocycles. The maximum Gasteiger partial charge on any atom is 0.320 e. The topological polar surface area (TPSA) is 102 Å². The van der Waals surface area contributed by atoms with Gasteiger partial charge in [0.05, 0.1) is 0 Å². The highest BCUT2D eigenvalue weighted by Crippen LogP contribution is 1.94. The van der Waals surface area contributed by atoms with Gasteiger partial charge in [-0.2, -0.15) is 0 Å². The van der Waals surface area contributed by atoms with E-state index in [-0.39, 0.29) is 25.5 Å². The Morgan fingerprint density at radius 1 is 1.62 bits per heavy atom. The molecule has 6 nitrogen and oxygen atoms in total. The Balaban J connectivity index is 3.52. The van der Waals surface area contributed by atoms with E-state index in [9.17, 15) is 9.59 Å². The molecule has 0 radical (unpaired) electrons. The Hall–Kier alpha value is -1.14. The first-order chi connectivity index (χ1) is 6.07. The molecule has 76 valence electrons. The fourth-order valence-corrected chi connectivity index (χ4v) is 0.651. The zero-order valence-electron chi connectivity index (χ0n) is 7.45. The Morgan fingerprint density at radius 3 is 2.69 bits per heavy atom. The van der Waals surface area contributed by atoms with Gasteiger partial charge < -0.3 is 20.9 Å². The molecule has 6 heteroatoms. The zero-order valence-corrected chi connectivity index (χ0v) is 7.45. The van der Waals surface area contributed by atoms with Crippen LogP contribution in [0.3, 0.4) is 0 Å². The smallest absolute Gasteiger partial charge is 0.320 e. The summed E-state index contributed by atoms with van der Waals surface area (Å²) in [5.74, 6) is -1.36. The molecule has 0 spiro atoms. The number of amides is 1. The van der Waals surface area contributed by atoms with Crippen molar-refractivity contribution in [2.24, 2.45) is 5.73 Å². The second-order valence-corrected chi connectivity index (χ2v) is 2.52. The number of rotatable bonds is 6. The average molecular weight is 190 g/mol. The van der Waals surface area contributed by atoms with Crippen LogP contribution in [-0.2, 0) is 14.3 Å². The molecule has 1 amide bonds. The third-order valence-electron chi connectivity index (χ3n) is 1.41. The van der Waals surface area contributed by atoms with Crippen LogP contribution in [0.15, 0.2) is 0 Å². The molecule has 0 rings (SSSR count). The highest BCUT2D eigenvalue weighted by atomic mass is 16.5. The molecule has 0 saturated heterocycles. The first-order valence-electron chi connectivity index (χ1n) is 3.82. The Labute approximate surface area is 76.0 Å². The first-order valence-corrected chi connectivity index (χ1v) is 3.82. The molecule has 0 aliphatic rings. The van der Waals surface area contributed by atoms with Crippen molar-refractivity contribution in [3.05, 3.63) is 0 Å². The van der Waals surface area contributed by atoms with E-state index in [0.717, 1.165) is 0 Å². The fraction of sp³-hybridized carbons (Fsp3) is 0.714. The molecule has 1 atom stereocenters. The summed E-state index contributed by atoms with van der Waals surface area (Å²) in [6, 6.07) is -0.978. The van der Waals surface area contributed by atoms with Crippen molar-refractivity contribution in [1.82, 2.24) is 5.32 Å². The molecule has 0 aromatic carbocycles. The van der Waals surface area contributed by atoms with Crippen LogP contribution in [0.1, 0.15) is 12.8 Å². The van der Waals surface area contributed by atoms with Gasteiger partial charge in [0.2, 0.25) is 5.91 Å². The average Bonchev–Trinajstić information content (AvgIpc) is 2.10. The Kier molecular flexibility index (Phi) is 5.82. The third-order valence-corrected chi connectivity index (χ3v) is 1.41. The fourth-order valence-electron chi connectivity index (χ4n) is 0.651. The van der Waals surface area contributed by atoms with Gasteiger partial charge >= 0.3 is 5.97 Å². The maximum absolute atomic E-state index is 10.9. The van der Waals surface area contributed by atoms with E-state index in [1.807, 2.05) is 0 Å². The van der Waals surface area contributed by atoms with Crippen molar-refractivity contribution in [3.8, 4) is 0 Å². The van der Waals surface area contributed by atoms with E-state index in [1.165, 1.54) is 7.11 Å². The van der Waals surface area contributed by atoms with Crippen LogP contribution in [0.25, 0.3) is 0 Å². The number of nitrogens with one attached hydrogen (secondary N) is 1. The molecule has 0 fully saturated rings. The lowest BCUT2D eigenvalue weighted by molar-refractivity contribution is -0.138. The minimum Gasteiger partial charge on any atom is -0.480 e. The van der Waals surface area contributed by atoms with Gasteiger partial charge in [-0.15, -0.1) is 0 Å². The first kappa shape index (κ1) is 11.9. The Morgan fingerprint density at radius 2 is 2.23 bits per heavy atom. The van der Waals surface area contributed by atoms with Crippen LogP contribution in [-0.4, -0.2) is 36.9 Å². The van der Waals surface area contributed by atoms with Gasteiger partial charge in [-0.25, -0.2) is 0 Å². The van der Waals surface area contributed by atoms with Crippen LogP contribution >= 0.6 is 0 Å². The van der Waals surface area contributed by atoms with Crippen molar-refractivity contribution >= 4 is 11.9 Å². The quantitative estimate of drug-likeness (QED) is 0.461. The monoisotopic (exact) mass is 190 g/mol. The van der Waals surface area contributed by atoms with Crippen LogP contribution < -0.4 is 11.1 Å². The summed E-state index contributed by atoms with van der Waals surface area (Å²) in [7, 11) is 1.45. The van der Waals surface area contributed by atoms with Gasteiger partial charge in [0, 0.05) is 13.5 Å². The molecule has 0 saturated carbocycles. The number of nitrogens with two attached hydrogens (primary N) is 1. The molecule has 0 aromatic heterocycles. The molecule has 0 heterocycles. The predicted molar refractivity (Wildman–Crippen MR) is 44.9 cm³/mol. The van der Waals surface area contributed by atoms with Crippen LogP contribution in [0.4, 0.5) is 0 Å². The summed E-state index contributed by atoms with van der Waals surface area (Å²) in [6.45, 7) is 0.126. The van der Waals surface area contributed by atoms with E-state index in [0.29, 0.717) is 0 Å². The Bertz CT molecular complexity index is 183. The lowest BCUT2D eigenvalue weighted by Crippen LogP contribution is -2.33. The summed E-state index contributed by atoms with van der Waals surface area (Å²) in [5, 5.41) is 10.8. The summed E-state index contributed by atoms with van der Waals surface area (Å²) in [4.78, 5) is 21.1. The normalized spacial score (nSPS) is 12.2. The van der Waals surface area contributed by atoms with E-state index in [4.69, 9.17) is 10.8 Å². The SMILES string of the molecule is COCNC(=O)CCC(N)C(=O)O. The molecule has 0 bridgehead atoms. The number of aliphatic carboxylic acids is 1. The molecule has 13 heavy (non-hydrogen) atoms. The van der Waals surface area contributed by atoms with E-state index >= 15 is 0 Å². The number of ether oxygens (including phenoxy) is 1. The highest BCUT2D eigenvalue weighted by Gasteiger charge is 2.12. The number of hydrogen-bond donors (Lipinski definition) is 3. The number of methoxy groups -OCH3 is 1. The van der Waals surface area contributed by atoms with Crippen molar-refractivity contribution in [2.75, 3.05) is 13.8 Å². The van der Waals surface area contributed by atoms with Gasteiger partial charge in [0.15, 0.2) is 0 Å². The standard InChI is InChI=1S/C7H14N2O4/c1-13-4-9-6(10)3-2-5(8)7(11)12/h5H,2-4,8H2,1H3,(H,9,10)(H,11,12). The summed E-state index contributed by atoms with van der Waals surface area (Å²) >= 11 is 0. The van der Waals surface area contributed by atoms with Crippen LogP contribution in [0.2, 0.25) is 0 Å². The van der Waals surface area contributed by atoms with Gasteiger partial charge in [-0.05, 0) is 6.42 Å². The van der Waals surface area contributed by atoms with Crippen LogP contribution in [0, 0.1) is 0 Å².